The molecule has 1 aliphatic carbocycles. The molecule has 0 spiro atoms. The van der Waals surface area contributed by atoms with Crippen molar-refractivity contribution in [1.29, 1.82) is 0 Å². The van der Waals surface area contributed by atoms with Gasteiger partial charge >= 0.3 is 5.97 Å². The predicted molar refractivity (Wildman–Crippen MR) is 66.8 cm³/mol. The Morgan fingerprint density at radius 2 is 2.16 bits per heavy atom. The Kier molecular flexibility index (Phi) is 3.82. The van der Waals surface area contributed by atoms with Gasteiger partial charge in [-0.05, 0) is 19.3 Å². The van der Waals surface area contributed by atoms with Gasteiger partial charge in [0.2, 0.25) is 5.91 Å². The van der Waals surface area contributed by atoms with Gasteiger partial charge in [0.05, 0.1) is 5.69 Å². The van der Waals surface area contributed by atoms with Gasteiger partial charge in [-0.15, -0.1) is 5.10 Å². The van der Waals surface area contributed by atoms with Crippen molar-refractivity contribution < 1.29 is 14.7 Å². The maximum Gasteiger partial charge on any atom is 0.358 e. The van der Waals surface area contributed by atoms with E-state index in [2.05, 4.69) is 10.3 Å². The number of carboxylic acids is 1. The molecule has 2 rings (SSSR count). The number of hydrogen-bond acceptors (Lipinski definition) is 4. The predicted octanol–water partition coefficient (Wildman–Crippen LogP) is 0.550. The highest BCUT2D eigenvalue weighted by molar-refractivity contribution is 5.86. The molecule has 0 aliphatic heterocycles. The second kappa shape index (κ2) is 5.38. The Bertz CT molecular complexity index is 493. The van der Waals surface area contributed by atoms with Crippen molar-refractivity contribution in [3.8, 4) is 0 Å². The van der Waals surface area contributed by atoms with Gasteiger partial charge in [0.25, 0.3) is 0 Å². The number of carbonyl (C=O) groups is 2. The fourth-order valence-electron chi connectivity index (χ4n) is 2.02. The zero-order valence-corrected chi connectivity index (χ0v) is 11.2. The summed E-state index contributed by atoms with van der Waals surface area (Å²) in [5.74, 6) is -1.15. The lowest BCUT2D eigenvalue weighted by molar-refractivity contribution is -0.131. The van der Waals surface area contributed by atoms with E-state index >= 15 is 0 Å². The maximum atomic E-state index is 12.0. The SMILES string of the molecule is CCCc1c(C(=O)O)nnn1CC(=O)N(C)C1CC1. The molecule has 1 amide bonds. The summed E-state index contributed by atoms with van der Waals surface area (Å²) >= 11 is 0. The second-order valence-electron chi connectivity index (χ2n) is 4.83. The minimum atomic E-state index is -1.10. The number of hydrogen-bond donors (Lipinski definition) is 1. The van der Waals surface area contributed by atoms with Crippen molar-refractivity contribution in [3.05, 3.63) is 11.4 Å². The van der Waals surface area contributed by atoms with Crippen molar-refractivity contribution >= 4 is 11.9 Å². The van der Waals surface area contributed by atoms with E-state index < -0.39 is 5.97 Å². The van der Waals surface area contributed by atoms with E-state index in [0.29, 0.717) is 18.2 Å². The van der Waals surface area contributed by atoms with Crippen LogP contribution < -0.4 is 0 Å². The van der Waals surface area contributed by atoms with Crippen LogP contribution in [0.1, 0.15) is 42.4 Å². The summed E-state index contributed by atoms with van der Waals surface area (Å²) in [5, 5.41) is 16.5. The Hall–Kier alpha value is -1.92. The van der Waals surface area contributed by atoms with Crippen LogP contribution in [-0.4, -0.2) is 50.0 Å². The molecule has 1 N–H and O–H groups in total. The number of carboxylic acid groups (broad SMARTS) is 1. The summed E-state index contributed by atoms with van der Waals surface area (Å²) < 4.78 is 1.41. The highest BCUT2D eigenvalue weighted by atomic mass is 16.4. The van der Waals surface area contributed by atoms with Gasteiger partial charge in [-0.25, -0.2) is 9.48 Å². The molecule has 19 heavy (non-hydrogen) atoms. The van der Waals surface area contributed by atoms with Crippen molar-refractivity contribution in [1.82, 2.24) is 19.9 Å². The first-order chi connectivity index (χ1) is 9.04. The van der Waals surface area contributed by atoms with Gasteiger partial charge in [0.15, 0.2) is 5.69 Å². The van der Waals surface area contributed by atoms with Gasteiger partial charge in [-0.3, -0.25) is 4.79 Å². The smallest absolute Gasteiger partial charge is 0.358 e. The summed E-state index contributed by atoms with van der Waals surface area (Å²) in [6, 6.07) is 0.338. The van der Waals surface area contributed by atoms with Crippen LogP contribution in [0.2, 0.25) is 0 Å². The first-order valence-corrected chi connectivity index (χ1v) is 6.46. The molecule has 0 bridgehead atoms. The average molecular weight is 266 g/mol. The molecule has 7 heteroatoms. The Labute approximate surface area is 111 Å². The number of likely N-dealkylation sites (N-methyl/N-ethyl adjacent to an activating group) is 1. The van der Waals surface area contributed by atoms with E-state index in [1.54, 1.807) is 11.9 Å². The largest absolute Gasteiger partial charge is 0.476 e. The topological polar surface area (TPSA) is 88.3 Å². The molecule has 0 atom stereocenters. The van der Waals surface area contributed by atoms with Crippen LogP contribution in [0, 0.1) is 0 Å². The number of carbonyl (C=O) groups excluding carboxylic acids is 1. The number of aromatic carboxylic acids is 1. The summed E-state index contributed by atoms with van der Waals surface area (Å²) in [6.07, 6.45) is 3.42. The van der Waals surface area contributed by atoms with Crippen molar-refractivity contribution in [2.75, 3.05) is 7.05 Å². The molecule has 1 fully saturated rings. The van der Waals surface area contributed by atoms with E-state index in [9.17, 15) is 9.59 Å². The van der Waals surface area contributed by atoms with Gasteiger partial charge in [-0.2, -0.15) is 0 Å². The Balaban J connectivity index is 2.14. The van der Waals surface area contributed by atoms with Crippen LogP contribution in [0.4, 0.5) is 0 Å². The van der Waals surface area contributed by atoms with Crippen LogP contribution in [0.15, 0.2) is 0 Å². The van der Waals surface area contributed by atoms with E-state index in [1.165, 1.54) is 4.68 Å². The number of amides is 1. The first-order valence-electron chi connectivity index (χ1n) is 6.46. The van der Waals surface area contributed by atoms with E-state index in [-0.39, 0.29) is 18.1 Å². The molecule has 1 aliphatic rings. The van der Waals surface area contributed by atoms with Crippen LogP contribution in [-0.2, 0) is 17.8 Å². The van der Waals surface area contributed by atoms with Gasteiger partial charge < -0.3 is 10.0 Å². The summed E-state index contributed by atoms with van der Waals surface area (Å²) in [7, 11) is 1.77. The van der Waals surface area contributed by atoms with Crippen LogP contribution in [0.3, 0.4) is 0 Å². The molecule has 0 saturated heterocycles. The molecule has 0 unspecified atom stereocenters. The molecule has 1 aromatic rings. The standard InChI is InChI=1S/C12H18N4O3/c1-3-4-9-11(12(18)19)13-14-16(9)7-10(17)15(2)8-5-6-8/h8H,3-7H2,1-2H3,(H,18,19). The van der Waals surface area contributed by atoms with Crippen molar-refractivity contribution in [3.63, 3.8) is 0 Å². The quantitative estimate of drug-likeness (QED) is 0.812. The number of nitrogens with zero attached hydrogens (tertiary/aromatic N) is 4. The fourth-order valence-corrected chi connectivity index (χ4v) is 2.02. The van der Waals surface area contributed by atoms with Gasteiger partial charge in [0, 0.05) is 13.1 Å². The summed E-state index contributed by atoms with van der Waals surface area (Å²) in [6.45, 7) is 2.00. The lowest BCUT2D eigenvalue weighted by Gasteiger charge is -2.16. The van der Waals surface area contributed by atoms with Crippen LogP contribution in [0.25, 0.3) is 0 Å². The third kappa shape index (κ3) is 2.91. The Morgan fingerprint density at radius 3 is 2.68 bits per heavy atom. The lowest BCUT2D eigenvalue weighted by atomic mass is 10.2. The van der Waals surface area contributed by atoms with Gasteiger partial charge in [0.1, 0.15) is 6.54 Å². The van der Waals surface area contributed by atoms with Gasteiger partial charge in [-0.1, -0.05) is 18.6 Å². The van der Waals surface area contributed by atoms with Crippen molar-refractivity contribution in [2.24, 2.45) is 0 Å². The molecular weight excluding hydrogens is 248 g/mol. The molecule has 1 heterocycles. The lowest BCUT2D eigenvalue weighted by Crippen LogP contribution is -2.32. The number of aromatic nitrogens is 3. The minimum absolute atomic E-state index is 0.0521. The summed E-state index contributed by atoms with van der Waals surface area (Å²) in [5.41, 5.74) is 0.469. The third-order valence-corrected chi connectivity index (χ3v) is 3.30. The zero-order chi connectivity index (χ0) is 14.0. The van der Waals surface area contributed by atoms with E-state index in [1.807, 2.05) is 6.92 Å². The zero-order valence-electron chi connectivity index (χ0n) is 11.2. The molecule has 0 radical (unpaired) electrons. The van der Waals surface area contributed by atoms with Crippen LogP contribution >= 0.6 is 0 Å². The molecule has 1 aromatic heterocycles. The molecular formula is C12H18N4O3. The van der Waals surface area contributed by atoms with Crippen LogP contribution in [0.5, 0.6) is 0 Å². The number of rotatable bonds is 6. The van der Waals surface area contributed by atoms with E-state index in [4.69, 9.17) is 5.11 Å². The minimum Gasteiger partial charge on any atom is -0.476 e. The molecule has 7 nitrogen and oxygen atoms in total. The third-order valence-electron chi connectivity index (χ3n) is 3.30. The fraction of sp³-hybridized carbons (Fsp3) is 0.667. The first kappa shape index (κ1) is 13.5. The highest BCUT2D eigenvalue weighted by Crippen LogP contribution is 2.25. The van der Waals surface area contributed by atoms with E-state index in [0.717, 1.165) is 19.3 Å². The molecule has 0 aromatic carbocycles. The average Bonchev–Trinajstić information content (AvgIpc) is 3.13. The second-order valence-corrected chi connectivity index (χ2v) is 4.83. The maximum absolute atomic E-state index is 12.0. The molecule has 1 saturated carbocycles. The Morgan fingerprint density at radius 1 is 1.47 bits per heavy atom. The molecule has 104 valence electrons. The monoisotopic (exact) mass is 266 g/mol. The highest BCUT2D eigenvalue weighted by Gasteiger charge is 2.30. The normalized spacial score (nSPS) is 14.4. The summed E-state index contributed by atoms with van der Waals surface area (Å²) in [4.78, 5) is 24.8. The van der Waals surface area contributed by atoms with Crippen molar-refractivity contribution in [2.45, 2.75) is 45.2 Å².